The largest absolute Gasteiger partial charge is 0.445 e. The fraction of sp³-hybridized carbons (Fsp3) is 0.444. The Hall–Kier alpha value is -3.35. The minimum absolute atomic E-state index is 0.116. The van der Waals surface area contributed by atoms with Crippen LogP contribution in [0.2, 0.25) is 0 Å². The van der Waals surface area contributed by atoms with Crippen LogP contribution in [0.3, 0.4) is 0 Å². The molecule has 0 unspecified atom stereocenters. The highest BCUT2D eigenvalue weighted by atomic mass is 16.5. The molecule has 0 saturated carbocycles. The summed E-state index contributed by atoms with van der Waals surface area (Å²) >= 11 is 0. The summed E-state index contributed by atoms with van der Waals surface area (Å²) in [6.07, 6.45) is 4.11. The lowest BCUT2D eigenvalue weighted by Gasteiger charge is -2.28. The van der Waals surface area contributed by atoms with Gasteiger partial charge in [-0.05, 0) is 30.4 Å². The van der Waals surface area contributed by atoms with Crippen molar-refractivity contribution >= 4 is 17.9 Å². The molecule has 34 heavy (non-hydrogen) atoms. The van der Waals surface area contributed by atoms with Crippen molar-refractivity contribution in [2.75, 3.05) is 13.1 Å². The lowest BCUT2D eigenvalue weighted by atomic mass is 10.0. The van der Waals surface area contributed by atoms with Crippen LogP contribution in [0.1, 0.15) is 50.2 Å². The van der Waals surface area contributed by atoms with Crippen LogP contribution in [0, 0.1) is 0 Å². The second-order valence-corrected chi connectivity index (χ2v) is 8.64. The smallest absolute Gasteiger partial charge is 0.408 e. The van der Waals surface area contributed by atoms with Crippen molar-refractivity contribution in [3.8, 4) is 0 Å². The third-order valence-electron chi connectivity index (χ3n) is 6.00. The minimum atomic E-state index is -0.820. The summed E-state index contributed by atoms with van der Waals surface area (Å²) in [4.78, 5) is 40.5. The fourth-order valence-electron chi connectivity index (χ4n) is 4.16. The minimum Gasteiger partial charge on any atom is -0.445 e. The summed E-state index contributed by atoms with van der Waals surface area (Å²) in [5.74, 6) is -0.376. The van der Waals surface area contributed by atoms with Gasteiger partial charge in [0.2, 0.25) is 11.8 Å². The van der Waals surface area contributed by atoms with Gasteiger partial charge in [0.25, 0.3) is 0 Å². The van der Waals surface area contributed by atoms with E-state index in [9.17, 15) is 14.4 Å². The zero-order valence-electron chi connectivity index (χ0n) is 19.9. The lowest BCUT2D eigenvalue weighted by Crippen LogP contribution is -2.54. The number of benzene rings is 2. The average Bonchev–Trinajstić information content (AvgIpc) is 3.36. The molecular formula is C27H35N3O4. The molecule has 1 aliphatic rings. The molecule has 1 heterocycles. The van der Waals surface area contributed by atoms with Crippen LogP contribution in [0.15, 0.2) is 60.7 Å². The number of unbranched alkanes of at least 4 members (excludes halogenated alkanes) is 2. The SMILES string of the molecule is CCCCCNC(=O)[C@@H]1CCCN1C(=O)[C@@H](Cc1ccccc1)NC(=O)OCc1ccccc1. The van der Waals surface area contributed by atoms with Crippen molar-refractivity contribution < 1.29 is 19.1 Å². The standard InChI is InChI=1S/C27H35N3O4/c1-2-3-10-17-28-25(31)24-16-11-18-30(24)26(32)23(19-21-12-6-4-7-13-21)29-27(33)34-20-22-14-8-5-9-15-22/h4-9,12-15,23-24H,2-3,10-11,16-20H2,1H3,(H,28,31)(H,29,33)/t23-,24+/m1/s1. The van der Waals surface area contributed by atoms with Crippen LogP contribution in [0.5, 0.6) is 0 Å². The quantitative estimate of drug-likeness (QED) is 0.494. The van der Waals surface area contributed by atoms with Gasteiger partial charge in [-0.3, -0.25) is 9.59 Å². The van der Waals surface area contributed by atoms with E-state index >= 15 is 0 Å². The van der Waals surface area contributed by atoms with Crippen LogP contribution < -0.4 is 10.6 Å². The maximum atomic E-state index is 13.5. The Labute approximate surface area is 201 Å². The molecule has 2 N–H and O–H groups in total. The van der Waals surface area contributed by atoms with E-state index in [1.807, 2.05) is 60.7 Å². The second-order valence-electron chi connectivity index (χ2n) is 8.64. The molecule has 3 rings (SSSR count). The summed E-state index contributed by atoms with van der Waals surface area (Å²) in [7, 11) is 0. The van der Waals surface area contributed by atoms with Crippen LogP contribution in [-0.2, 0) is 27.4 Å². The average molecular weight is 466 g/mol. The van der Waals surface area contributed by atoms with Crippen molar-refractivity contribution in [3.05, 3.63) is 71.8 Å². The number of carbonyl (C=O) groups excluding carboxylic acids is 3. The number of likely N-dealkylation sites (tertiary alicyclic amines) is 1. The monoisotopic (exact) mass is 465 g/mol. The molecule has 1 fully saturated rings. The lowest BCUT2D eigenvalue weighted by molar-refractivity contribution is -0.139. The number of hydrogen-bond donors (Lipinski definition) is 2. The molecule has 182 valence electrons. The van der Waals surface area contributed by atoms with Crippen LogP contribution in [0.4, 0.5) is 4.79 Å². The van der Waals surface area contributed by atoms with Gasteiger partial charge in [0.1, 0.15) is 18.7 Å². The molecule has 1 aliphatic heterocycles. The van der Waals surface area contributed by atoms with Gasteiger partial charge in [0, 0.05) is 19.5 Å². The van der Waals surface area contributed by atoms with Gasteiger partial charge in [-0.15, -0.1) is 0 Å². The van der Waals surface area contributed by atoms with Gasteiger partial charge in [0.05, 0.1) is 0 Å². The first-order valence-electron chi connectivity index (χ1n) is 12.2. The van der Waals surface area contributed by atoms with Crippen LogP contribution in [-0.4, -0.2) is 48.0 Å². The molecule has 7 nitrogen and oxygen atoms in total. The predicted molar refractivity (Wildman–Crippen MR) is 131 cm³/mol. The first kappa shape index (κ1) is 25.3. The number of ether oxygens (including phenoxy) is 1. The van der Waals surface area contributed by atoms with Gasteiger partial charge in [-0.1, -0.05) is 80.4 Å². The van der Waals surface area contributed by atoms with Crippen molar-refractivity contribution in [3.63, 3.8) is 0 Å². The van der Waals surface area contributed by atoms with E-state index in [2.05, 4.69) is 17.6 Å². The van der Waals surface area contributed by atoms with E-state index in [-0.39, 0.29) is 18.4 Å². The van der Waals surface area contributed by atoms with Crippen molar-refractivity contribution in [1.29, 1.82) is 0 Å². The number of hydrogen-bond acceptors (Lipinski definition) is 4. The molecule has 0 bridgehead atoms. The Balaban J connectivity index is 1.65. The summed E-state index contributed by atoms with van der Waals surface area (Å²) in [6, 6.07) is 17.6. The number of nitrogens with one attached hydrogen (secondary N) is 2. The molecule has 0 aromatic heterocycles. The Morgan fingerprint density at radius 3 is 2.35 bits per heavy atom. The number of alkyl carbamates (subject to hydrolysis) is 1. The second kappa shape index (κ2) is 13.4. The van der Waals surface area contributed by atoms with Crippen molar-refractivity contribution in [2.24, 2.45) is 0 Å². The number of carbonyl (C=O) groups is 3. The Kier molecular flexibility index (Phi) is 9.95. The van der Waals surface area contributed by atoms with E-state index in [0.717, 1.165) is 36.8 Å². The number of nitrogens with zero attached hydrogens (tertiary/aromatic N) is 1. The van der Waals surface area contributed by atoms with E-state index in [4.69, 9.17) is 4.74 Å². The molecule has 7 heteroatoms. The van der Waals surface area contributed by atoms with Gasteiger partial charge < -0.3 is 20.3 Å². The Morgan fingerprint density at radius 1 is 1.00 bits per heavy atom. The van der Waals surface area contributed by atoms with Gasteiger partial charge in [0.15, 0.2) is 0 Å². The fourth-order valence-corrected chi connectivity index (χ4v) is 4.16. The molecule has 1 saturated heterocycles. The summed E-state index contributed by atoms with van der Waals surface area (Å²) in [5, 5.41) is 5.72. The summed E-state index contributed by atoms with van der Waals surface area (Å²) < 4.78 is 5.36. The highest BCUT2D eigenvalue weighted by Gasteiger charge is 2.37. The number of rotatable bonds is 11. The van der Waals surface area contributed by atoms with Crippen LogP contribution in [0.25, 0.3) is 0 Å². The van der Waals surface area contributed by atoms with Gasteiger partial charge in [-0.25, -0.2) is 4.79 Å². The van der Waals surface area contributed by atoms with E-state index in [0.29, 0.717) is 25.9 Å². The highest BCUT2D eigenvalue weighted by Crippen LogP contribution is 2.20. The van der Waals surface area contributed by atoms with E-state index < -0.39 is 18.2 Å². The Bertz CT molecular complexity index is 920. The highest BCUT2D eigenvalue weighted by molar-refractivity contribution is 5.92. The van der Waals surface area contributed by atoms with Gasteiger partial charge in [-0.2, -0.15) is 0 Å². The third kappa shape index (κ3) is 7.61. The molecule has 2 atom stereocenters. The normalized spacial score (nSPS) is 16.0. The predicted octanol–water partition coefficient (Wildman–Crippen LogP) is 3.82. The maximum absolute atomic E-state index is 13.5. The van der Waals surface area contributed by atoms with Crippen molar-refractivity contribution in [1.82, 2.24) is 15.5 Å². The maximum Gasteiger partial charge on any atom is 0.408 e. The molecule has 2 aromatic rings. The molecular weight excluding hydrogens is 430 g/mol. The molecule has 0 spiro atoms. The Morgan fingerprint density at radius 2 is 1.68 bits per heavy atom. The number of amides is 3. The third-order valence-corrected chi connectivity index (χ3v) is 6.00. The zero-order chi connectivity index (χ0) is 24.2. The van der Waals surface area contributed by atoms with Gasteiger partial charge >= 0.3 is 6.09 Å². The summed E-state index contributed by atoms with van der Waals surface area (Å²) in [5.41, 5.74) is 1.78. The van der Waals surface area contributed by atoms with Crippen LogP contribution >= 0.6 is 0 Å². The first-order chi connectivity index (χ1) is 16.6. The molecule has 0 radical (unpaired) electrons. The summed E-state index contributed by atoms with van der Waals surface area (Å²) in [6.45, 7) is 3.34. The topological polar surface area (TPSA) is 87.7 Å². The molecule has 2 aromatic carbocycles. The molecule has 3 amide bonds. The van der Waals surface area contributed by atoms with E-state index in [1.165, 1.54) is 0 Å². The van der Waals surface area contributed by atoms with E-state index in [1.54, 1.807) is 4.90 Å². The first-order valence-corrected chi connectivity index (χ1v) is 12.2. The van der Waals surface area contributed by atoms with Crippen molar-refractivity contribution in [2.45, 2.75) is 64.1 Å². The molecule has 0 aliphatic carbocycles. The zero-order valence-corrected chi connectivity index (χ0v) is 19.9.